The van der Waals surface area contributed by atoms with Crippen LogP contribution in [0.2, 0.25) is 0 Å². The van der Waals surface area contributed by atoms with E-state index >= 15 is 0 Å². The van der Waals surface area contributed by atoms with Gasteiger partial charge in [0, 0.05) is 25.8 Å². The first-order valence-corrected chi connectivity index (χ1v) is 3.95. The lowest BCUT2D eigenvalue weighted by Gasteiger charge is -2.11. The first-order chi connectivity index (χ1) is 6.50. The van der Waals surface area contributed by atoms with Crippen molar-refractivity contribution in [3.8, 4) is 5.75 Å². The number of anilines is 1. The van der Waals surface area contributed by atoms with Gasteiger partial charge in [-0.15, -0.1) is 0 Å². The third-order valence-corrected chi connectivity index (χ3v) is 1.52. The SMILES string of the molecule is CN(C)C(=O)Oc1ccc(N)cc1F. The predicted molar refractivity (Wildman–Crippen MR) is 50.5 cm³/mol. The molecule has 1 aromatic rings. The monoisotopic (exact) mass is 198 g/mol. The minimum atomic E-state index is -0.653. The van der Waals surface area contributed by atoms with E-state index < -0.39 is 11.9 Å². The maximum atomic E-state index is 13.1. The van der Waals surface area contributed by atoms with Crippen molar-refractivity contribution >= 4 is 11.8 Å². The van der Waals surface area contributed by atoms with Gasteiger partial charge in [0.2, 0.25) is 0 Å². The molecule has 0 radical (unpaired) electrons. The average Bonchev–Trinajstić information content (AvgIpc) is 2.09. The van der Waals surface area contributed by atoms with E-state index in [4.69, 9.17) is 10.5 Å². The van der Waals surface area contributed by atoms with E-state index in [1.807, 2.05) is 0 Å². The molecule has 0 unspecified atom stereocenters. The maximum Gasteiger partial charge on any atom is 0.414 e. The van der Waals surface area contributed by atoms with Crippen LogP contribution in [0.25, 0.3) is 0 Å². The number of halogens is 1. The van der Waals surface area contributed by atoms with E-state index in [-0.39, 0.29) is 11.4 Å². The summed E-state index contributed by atoms with van der Waals surface area (Å²) in [5.41, 5.74) is 5.61. The van der Waals surface area contributed by atoms with Gasteiger partial charge in [0.25, 0.3) is 0 Å². The smallest absolute Gasteiger partial charge is 0.407 e. The number of ether oxygens (including phenoxy) is 1. The Morgan fingerprint density at radius 1 is 1.50 bits per heavy atom. The van der Waals surface area contributed by atoms with E-state index in [1.54, 1.807) is 0 Å². The highest BCUT2D eigenvalue weighted by molar-refractivity contribution is 5.70. The number of benzene rings is 1. The number of nitrogen functional groups attached to an aromatic ring is 1. The molecule has 1 rings (SSSR count). The minimum Gasteiger partial charge on any atom is -0.407 e. The van der Waals surface area contributed by atoms with Gasteiger partial charge in [0.1, 0.15) is 0 Å². The van der Waals surface area contributed by atoms with E-state index in [9.17, 15) is 9.18 Å². The number of carbonyl (C=O) groups is 1. The van der Waals surface area contributed by atoms with Crippen LogP contribution in [0, 0.1) is 5.82 Å². The molecule has 2 N–H and O–H groups in total. The Balaban J connectivity index is 2.82. The van der Waals surface area contributed by atoms with Crippen molar-refractivity contribution in [1.29, 1.82) is 0 Å². The highest BCUT2D eigenvalue weighted by atomic mass is 19.1. The Kier molecular flexibility index (Phi) is 2.91. The molecule has 0 aromatic heterocycles. The molecule has 0 saturated heterocycles. The van der Waals surface area contributed by atoms with Crippen molar-refractivity contribution in [1.82, 2.24) is 4.90 Å². The van der Waals surface area contributed by atoms with Gasteiger partial charge >= 0.3 is 6.09 Å². The molecular weight excluding hydrogens is 187 g/mol. The third-order valence-electron chi connectivity index (χ3n) is 1.52. The molecular formula is C9H11FN2O2. The van der Waals surface area contributed by atoms with Crippen LogP contribution >= 0.6 is 0 Å². The Morgan fingerprint density at radius 2 is 2.14 bits per heavy atom. The molecule has 0 spiro atoms. The average molecular weight is 198 g/mol. The molecule has 1 aromatic carbocycles. The Morgan fingerprint density at radius 3 is 2.64 bits per heavy atom. The van der Waals surface area contributed by atoms with E-state index in [2.05, 4.69) is 0 Å². The van der Waals surface area contributed by atoms with Crippen LogP contribution < -0.4 is 10.5 Å². The molecule has 4 nitrogen and oxygen atoms in total. The quantitative estimate of drug-likeness (QED) is 0.695. The molecule has 0 saturated carbocycles. The van der Waals surface area contributed by atoms with Crippen LogP contribution in [-0.2, 0) is 0 Å². The van der Waals surface area contributed by atoms with E-state index in [1.165, 1.54) is 31.1 Å². The van der Waals surface area contributed by atoms with Gasteiger partial charge in [-0.1, -0.05) is 0 Å². The van der Waals surface area contributed by atoms with Crippen molar-refractivity contribution in [3.63, 3.8) is 0 Å². The highest BCUT2D eigenvalue weighted by Gasteiger charge is 2.10. The summed E-state index contributed by atoms with van der Waals surface area (Å²) in [6, 6.07) is 3.87. The number of carbonyl (C=O) groups excluding carboxylic acids is 1. The lowest BCUT2D eigenvalue weighted by Crippen LogP contribution is -2.25. The Bertz CT molecular complexity index is 353. The fourth-order valence-corrected chi connectivity index (χ4v) is 0.785. The van der Waals surface area contributed by atoms with Gasteiger partial charge in [-0.2, -0.15) is 0 Å². The number of nitrogens with zero attached hydrogens (tertiary/aromatic N) is 1. The van der Waals surface area contributed by atoms with Crippen LogP contribution in [0.4, 0.5) is 14.9 Å². The Labute approximate surface area is 81.1 Å². The molecule has 0 aliphatic rings. The maximum absolute atomic E-state index is 13.1. The third kappa shape index (κ3) is 2.35. The van der Waals surface area contributed by atoms with Gasteiger partial charge < -0.3 is 15.4 Å². The van der Waals surface area contributed by atoms with Crippen LogP contribution in [-0.4, -0.2) is 25.1 Å². The standard InChI is InChI=1S/C9H11FN2O2/c1-12(2)9(13)14-8-4-3-6(11)5-7(8)10/h3-5H,11H2,1-2H3. The number of rotatable bonds is 1. The zero-order valence-electron chi connectivity index (χ0n) is 7.95. The minimum absolute atomic E-state index is 0.127. The van der Waals surface area contributed by atoms with Gasteiger partial charge in [-0.25, -0.2) is 9.18 Å². The normalized spacial score (nSPS) is 9.64. The second-order valence-electron chi connectivity index (χ2n) is 2.95. The van der Waals surface area contributed by atoms with Crippen molar-refractivity contribution in [2.24, 2.45) is 0 Å². The largest absolute Gasteiger partial charge is 0.414 e. The fraction of sp³-hybridized carbons (Fsp3) is 0.222. The summed E-state index contributed by atoms with van der Waals surface area (Å²) in [7, 11) is 3.02. The molecule has 0 aliphatic heterocycles. The summed E-state index contributed by atoms with van der Waals surface area (Å²) in [6.45, 7) is 0. The van der Waals surface area contributed by atoms with Crippen molar-refractivity contribution < 1.29 is 13.9 Å². The summed E-state index contributed by atoms with van der Waals surface area (Å²) < 4.78 is 17.8. The lowest BCUT2D eigenvalue weighted by atomic mass is 10.3. The predicted octanol–water partition coefficient (Wildman–Crippen LogP) is 1.47. The summed E-state index contributed by atoms with van der Waals surface area (Å²) >= 11 is 0. The first-order valence-electron chi connectivity index (χ1n) is 3.95. The summed E-state index contributed by atoms with van der Waals surface area (Å²) in [6.07, 6.45) is -0.631. The molecule has 0 atom stereocenters. The van der Waals surface area contributed by atoms with Crippen molar-refractivity contribution in [2.45, 2.75) is 0 Å². The zero-order chi connectivity index (χ0) is 10.7. The molecule has 0 bridgehead atoms. The van der Waals surface area contributed by atoms with Gasteiger partial charge in [0.15, 0.2) is 11.6 Å². The molecule has 0 aliphatic carbocycles. The van der Waals surface area contributed by atoms with E-state index in [0.29, 0.717) is 0 Å². The number of nitrogens with two attached hydrogens (primary N) is 1. The summed E-state index contributed by atoms with van der Waals surface area (Å²) in [5, 5.41) is 0. The summed E-state index contributed by atoms with van der Waals surface area (Å²) in [5.74, 6) is -0.780. The first kappa shape index (κ1) is 10.3. The van der Waals surface area contributed by atoms with Crippen LogP contribution in [0.1, 0.15) is 0 Å². The second kappa shape index (κ2) is 3.95. The molecule has 0 heterocycles. The topological polar surface area (TPSA) is 55.6 Å². The van der Waals surface area contributed by atoms with Gasteiger partial charge in [0.05, 0.1) is 0 Å². The molecule has 0 fully saturated rings. The molecule has 1 amide bonds. The number of amides is 1. The van der Waals surface area contributed by atoms with Crippen LogP contribution in [0.5, 0.6) is 5.75 Å². The molecule has 5 heteroatoms. The molecule has 14 heavy (non-hydrogen) atoms. The molecule has 76 valence electrons. The number of hydrogen-bond donors (Lipinski definition) is 1. The lowest BCUT2D eigenvalue weighted by molar-refractivity contribution is 0.170. The number of hydrogen-bond acceptors (Lipinski definition) is 3. The second-order valence-corrected chi connectivity index (χ2v) is 2.95. The van der Waals surface area contributed by atoms with Crippen LogP contribution in [0.3, 0.4) is 0 Å². The fourth-order valence-electron chi connectivity index (χ4n) is 0.785. The van der Waals surface area contributed by atoms with Gasteiger partial charge in [-0.3, -0.25) is 0 Å². The summed E-state index contributed by atoms with van der Waals surface area (Å²) in [4.78, 5) is 12.3. The Hall–Kier alpha value is -1.78. The van der Waals surface area contributed by atoms with Crippen LogP contribution in [0.15, 0.2) is 18.2 Å². The van der Waals surface area contributed by atoms with Crippen molar-refractivity contribution in [3.05, 3.63) is 24.0 Å². The zero-order valence-corrected chi connectivity index (χ0v) is 7.95. The highest BCUT2D eigenvalue weighted by Crippen LogP contribution is 2.19. The van der Waals surface area contributed by atoms with Crippen molar-refractivity contribution in [2.75, 3.05) is 19.8 Å². The van der Waals surface area contributed by atoms with E-state index in [0.717, 1.165) is 6.07 Å². The van der Waals surface area contributed by atoms with Gasteiger partial charge in [-0.05, 0) is 12.1 Å².